The van der Waals surface area contributed by atoms with Crippen LogP contribution in [0.3, 0.4) is 0 Å². The molecule has 1 saturated heterocycles. The number of carbonyl (C=O) groups is 2. The molecule has 1 aliphatic rings. The summed E-state index contributed by atoms with van der Waals surface area (Å²) in [5.74, 6) is 0.338. The highest BCUT2D eigenvalue weighted by Gasteiger charge is 2.33. The number of amides is 2. The van der Waals surface area contributed by atoms with Crippen molar-refractivity contribution in [2.75, 3.05) is 22.1 Å². The molecule has 0 saturated carbocycles. The number of aliphatic hydroxyl groups excluding tert-OH is 1. The topological polar surface area (TPSA) is 150 Å². The third-order valence-electron chi connectivity index (χ3n) is 7.81. The number of ether oxygens (including phenoxy) is 2. The lowest BCUT2D eigenvalue weighted by molar-refractivity contribution is -0.645. The van der Waals surface area contributed by atoms with E-state index in [-0.39, 0.29) is 30.6 Å². The maximum atomic E-state index is 12.7. The molecule has 3 atom stereocenters. The summed E-state index contributed by atoms with van der Waals surface area (Å²) in [6.45, 7) is -0.0383. The first-order valence-corrected chi connectivity index (χ1v) is 16.7. The average Bonchev–Trinajstić information content (AvgIpc) is 3.09. The summed E-state index contributed by atoms with van der Waals surface area (Å²) < 4.78 is 13.7. The van der Waals surface area contributed by atoms with E-state index in [9.17, 15) is 19.9 Å². The Morgan fingerprint density at radius 3 is 2.36 bits per heavy atom. The number of unbranched alkanes of at least 4 members (excludes halogenated alkanes) is 2. The van der Waals surface area contributed by atoms with Gasteiger partial charge in [-0.1, -0.05) is 66.7 Å². The van der Waals surface area contributed by atoms with E-state index in [2.05, 4.69) is 10.6 Å². The minimum absolute atomic E-state index is 0.0383. The third-order valence-corrected chi connectivity index (χ3v) is 8.96. The van der Waals surface area contributed by atoms with Gasteiger partial charge in [0.15, 0.2) is 12.5 Å². The van der Waals surface area contributed by atoms with Crippen molar-refractivity contribution in [2.24, 2.45) is 0 Å². The largest absolute Gasteiger partial charge is 0.618 e. The third kappa shape index (κ3) is 10.0. The molecule has 1 fully saturated rings. The van der Waals surface area contributed by atoms with E-state index in [4.69, 9.17) is 15.2 Å². The highest BCUT2D eigenvalue weighted by atomic mass is 32.2. The molecule has 3 unspecified atom stereocenters. The van der Waals surface area contributed by atoms with Crippen LogP contribution in [-0.4, -0.2) is 28.8 Å². The van der Waals surface area contributed by atoms with Crippen LogP contribution in [0.1, 0.15) is 67.6 Å². The highest BCUT2D eigenvalue weighted by molar-refractivity contribution is 7.99. The number of hydrogen-bond acceptors (Lipinski definition) is 8. The number of para-hydroxylation sites is 2. The van der Waals surface area contributed by atoms with Crippen molar-refractivity contribution >= 4 is 40.6 Å². The van der Waals surface area contributed by atoms with Crippen LogP contribution in [-0.2, 0) is 25.7 Å². The minimum atomic E-state index is -0.693. The fourth-order valence-corrected chi connectivity index (χ4v) is 6.22. The second-order valence-electron chi connectivity index (χ2n) is 11.4. The van der Waals surface area contributed by atoms with Crippen molar-refractivity contribution < 1.29 is 28.9 Å². The number of carbonyl (C=O) groups excluding carboxylic acids is 2. The minimum Gasteiger partial charge on any atom is -0.618 e. The summed E-state index contributed by atoms with van der Waals surface area (Å²) in [6, 6.07) is 27.5. The quantitative estimate of drug-likeness (QED) is 0.0409. The van der Waals surface area contributed by atoms with Crippen LogP contribution in [0.4, 0.5) is 17.1 Å². The Kier molecular flexibility index (Phi) is 12.2. The maximum absolute atomic E-state index is 12.7. The first-order valence-electron chi connectivity index (χ1n) is 15.7. The van der Waals surface area contributed by atoms with Gasteiger partial charge in [0, 0.05) is 48.4 Å². The molecule has 4 aromatic rings. The lowest BCUT2D eigenvalue weighted by Gasteiger charge is -2.36. The second-order valence-corrected chi connectivity index (χ2v) is 12.4. The lowest BCUT2D eigenvalue weighted by Crippen LogP contribution is -2.32. The Morgan fingerprint density at radius 2 is 1.62 bits per heavy atom. The number of nitrogen functional groups attached to an aromatic ring is 1. The summed E-state index contributed by atoms with van der Waals surface area (Å²) >= 11 is 1.43. The molecule has 0 radical (unpaired) electrons. The number of aromatic nitrogens is 1. The number of thioether (sulfide) groups is 1. The molecule has 1 aliphatic heterocycles. The van der Waals surface area contributed by atoms with E-state index in [0.29, 0.717) is 59.9 Å². The van der Waals surface area contributed by atoms with Crippen LogP contribution < -0.4 is 21.1 Å². The van der Waals surface area contributed by atoms with Gasteiger partial charge in [-0.2, -0.15) is 4.73 Å². The average molecular weight is 657 g/mol. The van der Waals surface area contributed by atoms with Gasteiger partial charge in [0.05, 0.1) is 30.2 Å². The van der Waals surface area contributed by atoms with Crippen molar-refractivity contribution in [3.05, 3.63) is 119 Å². The van der Waals surface area contributed by atoms with Crippen molar-refractivity contribution in [1.29, 1.82) is 0 Å². The van der Waals surface area contributed by atoms with E-state index >= 15 is 0 Å². The van der Waals surface area contributed by atoms with Gasteiger partial charge in [-0.05, 0) is 54.3 Å². The Morgan fingerprint density at radius 1 is 0.872 bits per heavy atom. The van der Waals surface area contributed by atoms with Gasteiger partial charge >= 0.3 is 0 Å². The number of pyridine rings is 1. The number of nitrogens with zero attached hydrogens (tertiary/aromatic N) is 1. The molecule has 5 rings (SSSR count). The molecule has 47 heavy (non-hydrogen) atoms. The van der Waals surface area contributed by atoms with E-state index in [1.807, 2.05) is 66.7 Å². The Bertz CT molecular complexity index is 1640. The highest BCUT2D eigenvalue weighted by Crippen LogP contribution is 2.39. The number of benzene rings is 3. The molecule has 2 heterocycles. The second kappa shape index (κ2) is 16.9. The SMILES string of the molecule is Nc1ccccc1NC(=O)CCCCCC(=O)Nc1cccc(C2OC(CSc3cccc[n+]3[O-])CC(c3ccc(CO)cc3)O2)c1. The summed E-state index contributed by atoms with van der Waals surface area (Å²) in [5.41, 5.74) is 10.2. The normalized spacial score (nSPS) is 17.6. The predicted octanol–water partition coefficient (Wildman–Crippen LogP) is 6.26. The zero-order chi connectivity index (χ0) is 33.0. The van der Waals surface area contributed by atoms with Crippen molar-refractivity contribution in [3.8, 4) is 0 Å². The Hall–Kier alpha value is -4.42. The number of nitrogens with one attached hydrogen (secondary N) is 2. The van der Waals surface area contributed by atoms with E-state index in [1.165, 1.54) is 18.0 Å². The first-order chi connectivity index (χ1) is 22.9. The molecule has 10 nitrogen and oxygen atoms in total. The summed E-state index contributed by atoms with van der Waals surface area (Å²) in [5, 5.41) is 28.1. The van der Waals surface area contributed by atoms with Gasteiger partial charge < -0.3 is 36.2 Å². The number of anilines is 3. The van der Waals surface area contributed by atoms with Gasteiger partial charge in [0.2, 0.25) is 11.8 Å². The molecule has 0 aliphatic carbocycles. The van der Waals surface area contributed by atoms with Crippen molar-refractivity contribution in [2.45, 2.75) is 68.7 Å². The lowest BCUT2D eigenvalue weighted by atomic mass is 10.0. The summed E-state index contributed by atoms with van der Waals surface area (Å²) in [6.07, 6.45) is 3.63. The Labute approximate surface area is 278 Å². The molecule has 246 valence electrons. The summed E-state index contributed by atoms with van der Waals surface area (Å²) in [4.78, 5) is 25.0. The van der Waals surface area contributed by atoms with Crippen LogP contribution in [0.25, 0.3) is 0 Å². The zero-order valence-corrected chi connectivity index (χ0v) is 26.9. The van der Waals surface area contributed by atoms with Gasteiger partial charge in [0.25, 0.3) is 5.03 Å². The molecule has 5 N–H and O–H groups in total. The van der Waals surface area contributed by atoms with Crippen LogP contribution in [0.2, 0.25) is 0 Å². The van der Waals surface area contributed by atoms with E-state index in [0.717, 1.165) is 27.8 Å². The van der Waals surface area contributed by atoms with Crippen LogP contribution in [0, 0.1) is 5.21 Å². The molecule has 0 bridgehead atoms. The summed E-state index contributed by atoms with van der Waals surface area (Å²) in [7, 11) is 0. The van der Waals surface area contributed by atoms with Crippen molar-refractivity contribution in [1.82, 2.24) is 0 Å². The molecule has 2 amide bonds. The van der Waals surface area contributed by atoms with Crippen molar-refractivity contribution in [3.63, 3.8) is 0 Å². The van der Waals surface area contributed by atoms with Gasteiger partial charge in [-0.3, -0.25) is 9.59 Å². The fourth-order valence-electron chi connectivity index (χ4n) is 5.28. The Balaban J connectivity index is 1.15. The molecule has 3 aromatic carbocycles. The van der Waals surface area contributed by atoms with Gasteiger partial charge in [-0.25, -0.2) is 0 Å². The van der Waals surface area contributed by atoms with Crippen LogP contribution >= 0.6 is 11.8 Å². The molecule has 11 heteroatoms. The first kappa shape index (κ1) is 33.9. The van der Waals surface area contributed by atoms with E-state index < -0.39 is 6.29 Å². The number of rotatable bonds is 14. The molecule has 1 aromatic heterocycles. The predicted molar refractivity (Wildman–Crippen MR) is 182 cm³/mol. The standard InChI is InChI=1S/C36H40N4O6S/c37-30-11-4-5-12-31(30)39-34(43)14-3-1-2-13-33(42)38-28-10-8-9-27(21-28)36-45-29(24-47-35-15-6-7-20-40(35)44)22-32(46-36)26-18-16-25(23-41)17-19-26/h4-12,15-21,29,32,36,41H,1-3,13-14,22-24,37H2,(H,38,42)(H,39,43). The molecular weight excluding hydrogens is 616 g/mol. The van der Waals surface area contributed by atoms with Gasteiger partial charge in [0.1, 0.15) is 0 Å². The molecule has 0 spiro atoms. The smallest absolute Gasteiger partial charge is 0.251 e. The molecular formula is C36H40N4O6S. The monoisotopic (exact) mass is 656 g/mol. The van der Waals surface area contributed by atoms with E-state index in [1.54, 1.807) is 24.3 Å². The number of nitrogens with two attached hydrogens (primary N) is 1. The van der Waals surface area contributed by atoms with Crippen LogP contribution in [0.15, 0.2) is 102 Å². The zero-order valence-electron chi connectivity index (χ0n) is 26.0. The number of hydrogen-bond donors (Lipinski definition) is 4. The van der Waals surface area contributed by atoms with Crippen LogP contribution in [0.5, 0.6) is 0 Å². The fraction of sp³-hybridized carbons (Fsp3) is 0.306. The number of aliphatic hydroxyl groups is 1. The maximum Gasteiger partial charge on any atom is 0.251 e. The van der Waals surface area contributed by atoms with Gasteiger partial charge in [-0.15, -0.1) is 0 Å².